The van der Waals surface area contributed by atoms with E-state index < -0.39 is 0 Å². The molecule has 0 saturated carbocycles. The zero-order valence-corrected chi connectivity index (χ0v) is 14.8. The number of hydrogen-bond donors (Lipinski definition) is 1. The molecule has 0 spiro atoms. The number of thioether (sulfide) groups is 1. The minimum atomic E-state index is 0.00676. The second kappa shape index (κ2) is 7.32. The van der Waals surface area contributed by atoms with Gasteiger partial charge >= 0.3 is 0 Å². The third kappa shape index (κ3) is 3.57. The Hall–Kier alpha value is -2.26. The van der Waals surface area contributed by atoms with E-state index in [2.05, 4.69) is 59.9 Å². The molecule has 1 N–H and O–H groups in total. The van der Waals surface area contributed by atoms with Crippen LogP contribution in [0, 0.1) is 5.92 Å². The van der Waals surface area contributed by atoms with E-state index in [1.54, 1.807) is 0 Å². The summed E-state index contributed by atoms with van der Waals surface area (Å²) in [5, 5.41) is 6.07. The second-order valence-electron chi connectivity index (χ2n) is 6.49. The summed E-state index contributed by atoms with van der Waals surface area (Å²) in [5.41, 5.74) is 2.24. The molecule has 0 aliphatic carbocycles. The number of carbonyl (C=O) groups is 1. The molecule has 3 aromatic carbocycles. The third-order valence-corrected chi connectivity index (χ3v) is 5.92. The van der Waals surface area contributed by atoms with E-state index in [1.807, 2.05) is 30.0 Å². The molecule has 0 unspecified atom stereocenters. The van der Waals surface area contributed by atoms with Crippen LogP contribution in [0.1, 0.15) is 18.0 Å². The number of ketones is 1. The first-order valence-corrected chi connectivity index (χ1v) is 9.87. The van der Waals surface area contributed by atoms with E-state index in [-0.39, 0.29) is 12.0 Å². The highest BCUT2D eigenvalue weighted by Gasteiger charge is 2.31. The molecule has 4 rings (SSSR count). The number of anilines is 1. The summed E-state index contributed by atoms with van der Waals surface area (Å²) >= 11 is 1.88. The van der Waals surface area contributed by atoms with Crippen molar-refractivity contribution in [1.29, 1.82) is 0 Å². The van der Waals surface area contributed by atoms with E-state index in [0.29, 0.717) is 12.2 Å². The molecule has 1 aliphatic rings. The van der Waals surface area contributed by atoms with Crippen LogP contribution in [0.15, 0.2) is 72.8 Å². The minimum Gasteiger partial charge on any atom is -0.377 e. The van der Waals surface area contributed by atoms with Gasteiger partial charge in [-0.05, 0) is 34.5 Å². The van der Waals surface area contributed by atoms with Gasteiger partial charge in [0.25, 0.3) is 0 Å². The Balaban J connectivity index is 1.73. The topological polar surface area (TPSA) is 29.1 Å². The van der Waals surface area contributed by atoms with Gasteiger partial charge in [-0.1, -0.05) is 54.6 Å². The van der Waals surface area contributed by atoms with Crippen molar-refractivity contribution in [2.24, 2.45) is 5.92 Å². The minimum absolute atomic E-state index is 0.00676. The monoisotopic (exact) mass is 347 g/mol. The Morgan fingerprint density at radius 1 is 0.920 bits per heavy atom. The summed E-state index contributed by atoms with van der Waals surface area (Å²) < 4.78 is 0. The van der Waals surface area contributed by atoms with Gasteiger partial charge in [0.1, 0.15) is 5.78 Å². The summed E-state index contributed by atoms with van der Waals surface area (Å²) in [6, 6.07) is 25.1. The van der Waals surface area contributed by atoms with Gasteiger partial charge in [0.15, 0.2) is 0 Å². The Kier molecular flexibility index (Phi) is 4.75. The van der Waals surface area contributed by atoms with Gasteiger partial charge in [0.05, 0.1) is 12.0 Å². The molecule has 1 fully saturated rings. The Morgan fingerprint density at radius 2 is 1.68 bits per heavy atom. The first kappa shape index (κ1) is 16.2. The van der Waals surface area contributed by atoms with Crippen molar-refractivity contribution in [1.82, 2.24) is 0 Å². The summed E-state index contributed by atoms with van der Waals surface area (Å²) in [4.78, 5) is 12.6. The zero-order chi connectivity index (χ0) is 17.1. The van der Waals surface area contributed by atoms with Crippen LogP contribution in [-0.4, -0.2) is 17.3 Å². The summed E-state index contributed by atoms with van der Waals surface area (Å²) in [6.07, 6.45) is 0.676. The first-order chi connectivity index (χ1) is 12.3. The number of rotatable bonds is 4. The second-order valence-corrected chi connectivity index (χ2v) is 7.64. The molecule has 126 valence electrons. The molecule has 1 saturated heterocycles. The van der Waals surface area contributed by atoms with Crippen LogP contribution in [0.3, 0.4) is 0 Å². The van der Waals surface area contributed by atoms with Crippen LogP contribution in [0.4, 0.5) is 5.69 Å². The zero-order valence-electron chi connectivity index (χ0n) is 14.0. The maximum absolute atomic E-state index is 12.6. The number of benzene rings is 3. The smallest absolute Gasteiger partial charge is 0.140 e. The van der Waals surface area contributed by atoms with Gasteiger partial charge in [0, 0.05) is 23.6 Å². The predicted molar refractivity (Wildman–Crippen MR) is 107 cm³/mol. The van der Waals surface area contributed by atoms with Crippen molar-refractivity contribution < 1.29 is 4.79 Å². The Bertz CT molecular complexity index is 877. The molecule has 3 heteroatoms. The molecular formula is C22H21NOS. The summed E-state index contributed by atoms with van der Waals surface area (Å²) in [6.45, 7) is 0. The van der Waals surface area contributed by atoms with Gasteiger partial charge in [-0.2, -0.15) is 11.8 Å². The fourth-order valence-electron chi connectivity index (χ4n) is 3.47. The lowest BCUT2D eigenvalue weighted by Gasteiger charge is -2.31. The van der Waals surface area contributed by atoms with E-state index >= 15 is 0 Å². The highest BCUT2D eigenvalue weighted by Crippen LogP contribution is 2.35. The SMILES string of the molecule is O=C1CCSC[C@@H]1[C@H](Nc1ccccc1)c1ccc2ccccc2c1. The fraction of sp³-hybridized carbons (Fsp3) is 0.227. The molecule has 0 amide bonds. The molecule has 25 heavy (non-hydrogen) atoms. The van der Waals surface area contributed by atoms with Gasteiger partial charge in [-0.3, -0.25) is 4.79 Å². The number of nitrogens with one attached hydrogen (secondary N) is 1. The standard InChI is InChI=1S/C22H21NOS/c24-21-12-13-25-15-20(21)22(23-19-8-2-1-3-9-19)18-11-10-16-6-4-5-7-17(16)14-18/h1-11,14,20,22-23H,12-13,15H2/t20-,22+/m0/s1. The number of para-hydroxylation sites is 1. The van der Waals surface area contributed by atoms with Crippen LogP contribution >= 0.6 is 11.8 Å². The average Bonchev–Trinajstić information content (AvgIpc) is 2.67. The van der Waals surface area contributed by atoms with E-state index in [0.717, 1.165) is 17.2 Å². The van der Waals surface area contributed by atoms with Gasteiger partial charge < -0.3 is 5.32 Å². The van der Waals surface area contributed by atoms with Crippen LogP contribution in [0.2, 0.25) is 0 Å². The van der Waals surface area contributed by atoms with Crippen molar-refractivity contribution in [3.8, 4) is 0 Å². The lowest BCUT2D eigenvalue weighted by molar-refractivity contribution is -0.122. The highest BCUT2D eigenvalue weighted by molar-refractivity contribution is 7.99. The maximum atomic E-state index is 12.6. The van der Waals surface area contributed by atoms with Gasteiger partial charge in [-0.25, -0.2) is 0 Å². The molecule has 3 aromatic rings. The molecule has 0 radical (unpaired) electrons. The number of fused-ring (bicyclic) bond motifs is 1. The Morgan fingerprint density at radius 3 is 2.48 bits per heavy atom. The van der Waals surface area contributed by atoms with Crippen molar-refractivity contribution >= 4 is 34.0 Å². The predicted octanol–water partition coefficient (Wildman–Crippen LogP) is 5.32. The van der Waals surface area contributed by atoms with Crippen LogP contribution in [-0.2, 0) is 4.79 Å². The van der Waals surface area contributed by atoms with E-state index in [1.165, 1.54) is 16.3 Å². The molecule has 1 aliphatic heterocycles. The van der Waals surface area contributed by atoms with Crippen molar-refractivity contribution in [2.75, 3.05) is 16.8 Å². The number of hydrogen-bond acceptors (Lipinski definition) is 3. The Labute approximate surface area is 152 Å². The van der Waals surface area contributed by atoms with E-state index in [9.17, 15) is 4.79 Å². The molecule has 1 heterocycles. The third-order valence-electron chi connectivity index (χ3n) is 4.83. The molecule has 0 bridgehead atoms. The van der Waals surface area contributed by atoms with Crippen molar-refractivity contribution in [2.45, 2.75) is 12.5 Å². The average molecular weight is 347 g/mol. The lowest BCUT2D eigenvalue weighted by atomic mass is 9.88. The fourth-order valence-corrected chi connectivity index (χ4v) is 4.62. The normalized spacial score (nSPS) is 18.9. The lowest BCUT2D eigenvalue weighted by Crippen LogP contribution is -2.32. The van der Waals surface area contributed by atoms with Crippen molar-refractivity contribution in [3.63, 3.8) is 0 Å². The molecule has 0 aromatic heterocycles. The van der Waals surface area contributed by atoms with Crippen LogP contribution in [0.25, 0.3) is 10.8 Å². The maximum Gasteiger partial charge on any atom is 0.140 e. The largest absolute Gasteiger partial charge is 0.377 e. The van der Waals surface area contributed by atoms with E-state index in [4.69, 9.17) is 0 Å². The first-order valence-electron chi connectivity index (χ1n) is 8.72. The van der Waals surface area contributed by atoms with Crippen LogP contribution in [0.5, 0.6) is 0 Å². The molecule has 2 nitrogen and oxygen atoms in total. The van der Waals surface area contributed by atoms with Crippen LogP contribution < -0.4 is 5.32 Å². The highest BCUT2D eigenvalue weighted by atomic mass is 32.2. The summed E-state index contributed by atoms with van der Waals surface area (Å²) in [5.74, 6) is 2.22. The summed E-state index contributed by atoms with van der Waals surface area (Å²) in [7, 11) is 0. The molecular weight excluding hydrogens is 326 g/mol. The van der Waals surface area contributed by atoms with Crippen molar-refractivity contribution in [3.05, 3.63) is 78.4 Å². The molecule has 2 atom stereocenters. The van der Waals surface area contributed by atoms with Gasteiger partial charge in [-0.15, -0.1) is 0 Å². The number of carbonyl (C=O) groups excluding carboxylic acids is 1. The number of Topliss-reactive ketones (excluding diaryl/α,β-unsaturated/α-hetero) is 1. The quantitative estimate of drug-likeness (QED) is 0.693. The van der Waals surface area contributed by atoms with Gasteiger partial charge in [0.2, 0.25) is 0 Å².